The summed E-state index contributed by atoms with van der Waals surface area (Å²) < 4.78 is 11.8. The average molecular weight is 502 g/mol. The molecule has 2 aliphatic rings. The number of fused-ring (bicyclic) bond motifs is 1. The van der Waals surface area contributed by atoms with Crippen molar-refractivity contribution in [3.05, 3.63) is 66.5 Å². The van der Waals surface area contributed by atoms with E-state index in [0.717, 1.165) is 75.0 Å². The molecule has 0 spiro atoms. The number of morpholine rings is 1. The molecule has 1 atom stereocenters. The van der Waals surface area contributed by atoms with E-state index in [-0.39, 0.29) is 18.1 Å². The maximum absolute atomic E-state index is 12.9. The Morgan fingerprint density at radius 2 is 1.95 bits per heavy atom. The van der Waals surface area contributed by atoms with Crippen LogP contribution in [0.25, 0.3) is 10.9 Å². The van der Waals surface area contributed by atoms with E-state index >= 15 is 0 Å². The zero-order valence-corrected chi connectivity index (χ0v) is 21.4. The van der Waals surface area contributed by atoms with E-state index in [1.165, 1.54) is 0 Å². The zero-order valence-electron chi connectivity index (χ0n) is 21.4. The number of carbonyl (C=O) groups excluding carboxylic acids is 1. The molecule has 5 rings (SSSR count). The van der Waals surface area contributed by atoms with Crippen LogP contribution in [0.2, 0.25) is 0 Å². The van der Waals surface area contributed by atoms with Gasteiger partial charge in [0.1, 0.15) is 17.9 Å². The minimum absolute atomic E-state index is 0.0508. The molecule has 1 saturated heterocycles. The number of amides is 1. The highest BCUT2D eigenvalue weighted by Gasteiger charge is 2.20. The summed E-state index contributed by atoms with van der Waals surface area (Å²) in [5, 5.41) is 7.39. The number of hydrogen-bond acceptors (Lipinski definition) is 7. The molecule has 0 radical (unpaired) electrons. The fourth-order valence-electron chi connectivity index (χ4n) is 4.88. The number of ether oxygens (including phenoxy) is 2. The molecule has 2 N–H and O–H groups in total. The number of carbonyl (C=O) groups is 1. The highest BCUT2D eigenvalue weighted by molar-refractivity contribution is 6.03. The van der Waals surface area contributed by atoms with Crippen molar-refractivity contribution in [1.82, 2.24) is 14.9 Å². The van der Waals surface area contributed by atoms with E-state index in [9.17, 15) is 4.79 Å². The molecule has 1 aliphatic heterocycles. The molecule has 2 fully saturated rings. The maximum atomic E-state index is 12.9. The predicted molar refractivity (Wildman–Crippen MR) is 146 cm³/mol. The first-order valence-electron chi connectivity index (χ1n) is 13.2. The molecule has 8 nitrogen and oxygen atoms in total. The van der Waals surface area contributed by atoms with Crippen LogP contribution in [0.1, 0.15) is 44.2 Å². The van der Waals surface area contributed by atoms with Crippen LogP contribution in [-0.2, 0) is 9.53 Å². The van der Waals surface area contributed by atoms with Gasteiger partial charge in [-0.05, 0) is 44.2 Å². The second-order valence-corrected chi connectivity index (χ2v) is 9.69. The Balaban J connectivity index is 1.38. The van der Waals surface area contributed by atoms with E-state index in [4.69, 9.17) is 9.47 Å². The van der Waals surface area contributed by atoms with Crippen LogP contribution in [0.3, 0.4) is 0 Å². The Bertz CT molecular complexity index is 1220. The van der Waals surface area contributed by atoms with Crippen LogP contribution < -0.4 is 15.4 Å². The third-order valence-electron chi connectivity index (χ3n) is 6.98. The normalized spacial score (nSPS) is 17.8. The van der Waals surface area contributed by atoms with E-state index in [1.54, 1.807) is 12.4 Å². The summed E-state index contributed by atoms with van der Waals surface area (Å²) >= 11 is 0. The number of benzene rings is 2. The Morgan fingerprint density at radius 3 is 2.73 bits per heavy atom. The summed E-state index contributed by atoms with van der Waals surface area (Å²) in [5.41, 5.74) is 2.56. The first-order chi connectivity index (χ1) is 18.2. The fourth-order valence-corrected chi connectivity index (χ4v) is 4.88. The first kappa shape index (κ1) is 25.2. The van der Waals surface area contributed by atoms with Gasteiger partial charge in [-0.1, -0.05) is 36.4 Å². The van der Waals surface area contributed by atoms with Crippen molar-refractivity contribution in [3.63, 3.8) is 0 Å². The molecular formula is C29H35N5O3. The molecule has 194 valence electrons. The Morgan fingerprint density at radius 1 is 1.16 bits per heavy atom. The van der Waals surface area contributed by atoms with E-state index in [1.807, 2.05) is 36.4 Å². The van der Waals surface area contributed by atoms with Crippen LogP contribution in [0.5, 0.6) is 5.75 Å². The van der Waals surface area contributed by atoms with Gasteiger partial charge in [0.25, 0.3) is 0 Å². The number of nitrogens with one attached hydrogen (secondary N) is 2. The standard InChI is InChI=1S/C29H35N5O3/c1-21(22-8-3-2-4-9-22)32-29-24-18-26(33-28(35)12-7-13-34-14-16-36-17-15-34)27(19-25(24)30-20-31-29)37-23-10-5-6-11-23/h2-4,7-9,12,18-21,23H,5-6,10-11,13-17H2,1H3,(H,33,35)(H,30,31,32)/b12-7+/t21-/m1/s1. The van der Waals surface area contributed by atoms with E-state index < -0.39 is 0 Å². The highest BCUT2D eigenvalue weighted by Crippen LogP contribution is 2.36. The first-order valence-corrected chi connectivity index (χ1v) is 13.2. The third kappa shape index (κ3) is 6.64. The molecule has 37 heavy (non-hydrogen) atoms. The Kier molecular flexibility index (Phi) is 8.28. The zero-order chi connectivity index (χ0) is 25.5. The molecule has 1 aliphatic carbocycles. The van der Waals surface area contributed by atoms with Crippen LogP contribution >= 0.6 is 0 Å². The molecule has 1 saturated carbocycles. The fraction of sp³-hybridized carbons (Fsp3) is 0.414. The van der Waals surface area contributed by atoms with Gasteiger partial charge < -0.3 is 20.1 Å². The van der Waals surface area contributed by atoms with Crippen molar-refractivity contribution >= 4 is 28.3 Å². The number of nitrogens with zero attached hydrogens (tertiary/aromatic N) is 3. The van der Waals surface area contributed by atoms with Gasteiger partial charge in [0.2, 0.25) is 5.91 Å². The quantitative estimate of drug-likeness (QED) is 0.401. The predicted octanol–water partition coefficient (Wildman–Crippen LogP) is 4.95. The Hall–Kier alpha value is -3.49. The number of anilines is 2. The molecule has 1 aromatic heterocycles. The summed E-state index contributed by atoms with van der Waals surface area (Å²) in [4.78, 5) is 24.2. The lowest BCUT2D eigenvalue weighted by molar-refractivity contribution is -0.111. The van der Waals surface area contributed by atoms with Gasteiger partial charge in [0.15, 0.2) is 0 Å². The summed E-state index contributed by atoms with van der Waals surface area (Å²) in [6.45, 7) is 6.06. The number of hydrogen-bond donors (Lipinski definition) is 2. The van der Waals surface area contributed by atoms with Crippen molar-refractivity contribution in [1.29, 1.82) is 0 Å². The van der Waals surface area contributed by atoms with Gasteiger partial charge in [-0.3, -0.25) is 9.69 Å². The highest BCUT2D eigenvalue weighted by atomic mass is 16.5. The summed E-state index contributed by atoms with van der Waals surface area (Å²) in [6, 6.07) is 14.1. The SMILES string of the molecule is C[C@@H](Nc1ncnc2cc(OC3CCCC3)c(NC(=O)/C=C/CN3CCOCC3)cc12)c1ccccc1. The van der Waals surface area contributed by atoms with Gasteiger partial charge in [-0.2, -0.15) is 0 Å². The average Bonchev–Trinajstić information content (AvgIpc) is 3.44. The van der Waals surface area contributed by atoms with Gasteiger partial charge >= 0.3 is 0 Å². The summed E-state index contributed by atoms with van der Waals surface area (Å²) in [7, 11) is 0. The van der Waals surface area contributed by atoms with Crippen LogP contribution in [0.15, 0.2) is 60.9 Å². The molecule has 1 amide bonds. The summed E-state index contributed by atoms with van der Waals surface area (Å²) in [6.07, 6.45) is 9.59. The Labute approximate surface area is 218 Å². The topological polar surface area (TPSA) is 88.6 Å². The van der Waals surface area contributed by atoms with Gasteiger partial charge in [0, 0.05) is 43.2 Å². The molecule has 3 aromatic rings. The van der Waals surface area contributed by atoms with Crippen LogP contribution in [-0.4, -0.2) is 59.7 Å². The molecule has 2 heterocycles. The van der Waals surface area contributed by atoms with Crippen LogP contribution in [0.4, 0.5) is 11.5 Å². The monoisotopic (exact) mass is 501 g/mol. The van der Waals surface area contributed by atoms with Crippen molar-refractivity contribution in [3.8, 4) is 5.75 Å². The van der Waals surface area contributed by atoms with Gasteiger partial charge in [-0.25, -0.2) is 9.97 Å². The molecule has 2 aromatic carbocycles. The number of rotatable bonds is 9. The molecule has 0 bridgehead atoms. The van der Waals surface area contributed by atoms with Crippen molar-refractivity contribution in [2.45, 2.75) is 44.8 Å². The molecule has 8 heteroatoms. The van der Waals surface area contributed by atoms with Crippen molar-refractivity contribution < 1.29 is 14.3 Å². The maximum Gasteiger partial charge on any atom is 0.248 e. The largest absolute Gasteiger partial charge is 0.488 e. The second-order valence-electron chi connectivity index (χ2n) is 9.69. The smallest absolute Gasteiger partial charge is 0.248 e. The van der Waals surface area contributed by atoms with Gasteiger partial charge in [0.05, 0.1) is 30.5 Å². The lowest BCUT2D eigenvalue weighted by Crippen LogP contribution is -2.36. The van der Waals surface area contributed by atoms with Crippen molar-refractivity contribution in [2.75, 3.05) is 43.5 Å². The van der Waals surface area contributed by atoms with Gasteiger partial charge in [-0.15, -0.1) is 0 Å². The minimum atomic E-state index is -0.187. The lowest BCUT2D eigenvalue weighted by atomic mass is 10.1. The third-order valence-corrected chi connectivity index (χ3v) is 6.98. The summed E-state index contributed by atoms with van der Waals surface area (Å²) in [5.74, 6) is 1.18. The lowest BCUT2D eigenvalue weighted by Gasteiger charge is -2.25. The molecule has 0 unspecified atom stereocenters. The minimum Gasteiger partial charge on any atom is -0.488 e. The van der Waals surface area contributed by atoms with E-state index in [2.05, 4.69) is 44.6 Å². The number of aromatic nitrogens is 2. The molecular weight excluding hydrogens is 466 g/mol. The second kappa shape index (κ2) is 12.2. The van der Waals surface area contributed by atoms with Crippen molar-refractivity contribution in [2.24, 2.45) is 0 Å². The van der Waals surface area contributed by atoms with Crippen LogP contribution in [0, 0.1) is 0 Å². The van der Waals surface area contributed by atoms with E-state index in [0.29, 0.717) is 17.3 Å².